The van der Waals surface area contributed by atoms with Crippen molar-refractivity contribution in [3.8, 4) is 6.07 Å². The molecule has 0 radical (unpaired) electrons. The van der Waals surface area contributed by atoms with Crippen LogP contribution in [0.5, 0.6) is 0 Å². The SMILES string of the molecule is N#C/C(=C/NC(=O)C1CCNCC1)C(=O)Nc1ccccc1Sc1ccccc1. The molecule has 2 aromatic rings. The predicted molar refractivity (Wildman–Crippen MR) is 113 cm³/mol. The number of rotatable bonds is 6. The molecule has 29 heavy (non-hydrogen) atoms. The number of carbonyl (C=O) groups excluding carboxylic acids is 2. The third-order valence-electron chi connectivity index (χ3n) is 4.54. The molecule has 0 atom stereocenters. The molecular formula is C22H22N4O2S. The summed E-state index contributed by atoms with van der Waals surface area (Å²) in [6.07, 6.45) is 2.70. The summed E-state index contributed by atoms with van der Waals surface area (Å²) in [5.74, 6) is -0.815. The molecule has 1 aliphatic rings. The zero-order chi connectivity index (χ0) is 20.5. The predicted octanol–water partition coefficient (Wildman–Crippen LogP) is 3.30. The Morgan fingerprint density at radius 3 is 2.48 bits per heavy atom. The summed E-state index contributed by atoms with van der Waals surface area (Å²) in [6.45, 7) is 1.59. The van der Waals surface area contributed by atoms with Crippen LogP contribution in [0.1, 0.15) is 12.8 Å². The zero-order valence-corrected chi connectivity index (χ0v) is 16.7. The third-order valence-corrected chi connectivity index (χ3v) is 5.62. The van der Waals surface area contributed by atoms with Crippen molar-refractivity contribution >= 4 is 29.3 Å². The second-order valence-electron chi connectivity index (χ2n) is 6.57. The lowest BCUT2D eigenvalue weighted by Gasteiger charge is -2.20. The fraction of sp³-hybridized carbons (Fsp3) is 0.227. The van der Waals surface area contributed by atoms with Gasteiger partial charge in [0.1, 0.15) is 11.6 Å². The highest BCUT2D eigenvalue weighted by Gasteiger charge is 2.20. The molecule has 1 aliphatic heterocycles. The first kappa shape index (κ1) is 20.6. The van der Waals surface area contributed by atoms with Gasteiger partial charge < -0.3 is 16.0 Å². The Labute approximate surface area is 174 Å². The minimum atomic E-state index is -0.556. The van der Waals surface area contributed by atoms with Crippen LogP contribution in [0.25, 0.3) is 0 Å². The molecule has 2 aromatic carbocycles. The second kappa shape index (κ2) is 10.5. The molecule has 0 saturated carbocycles. The Kier molecular flexibility index (Phi) is 7.45. The minimum Gasteiger partial charge on any atom is -0.331 e. The largest absolute Gasteiger partial charge is 0.331 e. The van der Waals surface area contributed by atoms with E-state index in [0.717, 1.165) is 35.7 Å². The molecule has 1 fully saturated rings. The van der Waals surface area contributed by atoms with Gasteiger partial charge in [-0.3, -0.25) is 9.59 Å². The number of anilines is 1. The van der Waals surface area contributed by atoms with E-state index in [1.807, 2.05) is 54.6 Å². The summed E-state index contributed by atoms with van der Waals surface area (Å²) in [4.78, 5) is 26.7. The van der Waals surface area contributed by atoms with Crippen molar-refractivity contribution in [3.63, 3.8) is 0 Å². The number of hydrogen-bond acceptors (Lipinski definition) is 5. The third kappa shape index (κ3) is 5.95. The van der Waals surface area contributed by atoms with Gasteiger partial charge in [0.25, 0.3) is 5.91 Å². The van der Waals surface area contributed by atoms with Crippen LogP contribution in [-0.2, 0) is 9.59 Å². The van der Waals surface area contributed by atoms with Gasteiger partial charge >= 0.3 is 0 Å². The van der Waals surface area contributed by atoms with Crippen LogP contribution in [0.3, 0.4) is 0 Å². The standard InChI is InChI=1S/C22H22N4O2S/c23-14-17(15-25-21(27)16-10-12-24-13-11-16)22(28)26-19-8-4-5-9-20(19)29-18-6-2-1-3-7-18/h1-9,15-16,24H,10-13H2,(H,25,27)(H,26,28)/b17-15-. The average molecular weight is 407 g/mol. The van der Waals surface area contributed by atoms with Crippen molar-refractivity contribution in [2.45, 2.75) is 22.6 Å². The van der Waals surface area contributed by atoms with Crippen LogP contribution in [0.15, 0.2) is 76.2 Å². The molecule has 0 aromatic heterocycles. The van der Waals surface area contributed by atoms with Crippen LogP contribution < -0.4 is 16.0 Å². The Morgan fingerprint density at radius 1 is 1.07 bits per heavy atom. The number of carbonyl (C=O) groups is 2. The summed E-state index contributed by atoms with van der Waals surface area (Å²) in [5, 5.41) is 17.9. The molecule has 1 heterocycles. The van der Waals surface area contributed by atoms with Crippen LogP contribution in [0.4, 0.5) is 5.69 Å². The normalized spacial score (nSPS) is 14.7. The van der Waals surface area contributed by atoms with E-state index in [2.05, 4.69) is 16.0 Å². The van der Waals surface area contributed by atoms with Crippen molar-refractivity contribution < 1.29 is 9.59 Å². The van der Waals surface area contributed by atoms with Crippen LogP contribution in [-0.4, -0.2) is 24.9 Å². The van der Waals surface area contributed by atoms with Crippen LogP contribution in [0, 0.1) is 17.2 Å². The Balaban J connectivity index is 1.66. The van der Waals surface area contributed by atoms with Gasteiger partial charge in [-0.25, -0.2) is 0 Å². The first-order valence-electron chi connectivity index (χ1n) is 9.42. The summed E-state index contributed by atoms with van der Waals surface area (Å²) in [6, 6.07) is 19.1. The average Bonchev–Trinajstić information content (AvgIpc) is 2.77. The van der Waals surface area contributed by atoms with E-state index in [-0.39, 0.29) is 17.4 Å². The van der Waals surface area contributed by atoms with E-state index in [4.69, 9.17) is 0 Å². The highest BCUT2D eigenvalue weighted by atomic mass is 32.2. The lowest BCUT2D eigenvalue weighted by Crippen LogP contribution is -2.36. The summed E-state index contributed by atoms with van der Waals surface area (Å²) in [7, 11) is 0. The topological polar surface area (TPSA) is 94.0 Å². The molecule has 0 unspecified atom stereocenters. The zero-order valence-electron chi connectivity index (χ0n) is 15.9. The van der Waals surface area contributed by atoms with E-state index in [1.165, 1.54) is 18.0 Å². The van der Waals surface area contributed by atoms with Crippen molar-refractivity contribution in [1.82, 2.24) is 10.6 Å². The Morgan fingerprint density at radius 2 is 1.76 bits per heavy atom. The van der Waals surface area contributed by atoms with E-state index < -0.39 is 5.91 Å². The fourth-order valence-corrected chi connectivity index (χ4v) is 3.88. The molecule has 2 amide bonds. The first-order chi connectivity index (χ1) is 14.2. The Hall–Kier alpha value is -3.08. The molecular weight excluding hydrogens is 384 g/mol. The lowest BCUT2D eigenvalue weighted by molar-refractivity contribution is -0.124. The monoisotopic (exact) mass is 406 g/mol. The summed E-state index contributed by atoms with van der Waals surface area (Å²) >= 11 is 1.52. The van der Waals surface area contributed by atoms with Gasteiger partial charge in [-0.2, -0.15) is 5.26 Å². The van der Waals surface area contributed by atoms with Crippen molar-refractivity contribution in [2.75, 3.05) is 18.4 Å². The van der Waals surface area contributed by atoms with E-state index in [0.29, 0.717) is 5.69 Å². The maximum absolute atomic E-state index is 12.6. The number of para-hydroxylation sites is 1. The molecule has 0 spiro atoms. The number of nitrogens with zero attached hydrogens (tertiary/aromatic N) is 1. The van der Waals surface area contributed by atoms with Crippen LogP contribution >= 0.6 is 11.8 Å². The number of benzene rings is 2. The first-order valence-corrected chi connectivity index (χ1v) is 10.2. The lowest BCUT2D eigenvalue weighted by atomic mass is 9.97. The number of piperidine rings is 1. The fourth-order valence-electron chi connectivity index (χ4n) is 2.96. The molecule has 6 nitrogen and oxygen atoms in total. The summed E-state index contributed by atoms with van der Waals surface area (Å²) < 4.78 is 0. The highest BCUT2D eigenvalue weighted by Crippen LogP contribution is 2.33. The number of nitriles is 1. The van der Waals surface area contributed by atoms with Gasteiger partial charge in [0, 0.05) is 21.9 Å². The highest BCUT2D eigenvalue weighted by molar-refractivity contribution is 7.99. The van der Waals surface area contributed by atoms with E-state index >= 15 is 0 Å². The van der Waals surface area contributed by atoms with Gasteiger partial charge in [0.2, 0.25) is 5.91 Å². The quantitative estimate of drug-likeness (QED) is 0.505. The molecule has 3 rings (SSSR count). The molecule has 0 bridgehead atoms. The smallest absolute Gasteiger partial charge is 0.267 e. The van der Waals surface area contributed by atoms with Gasteiger partial charge in [-0.05, 0) is 50.2 Å². The van der Waals surface area contributed by atoms with Crippen molar-refractivity contribution in [3.05, 3.63) is 66.4 Å². The molecule has 0 aliphatic carbocycles. The number of hydrogen-bond donors (Lipinski definition) is 3. The minimum absolute atomic E-state index is 0.0986. The van der Waals surface area contributed by atoms with Crippen molar-refractivity contribution in [1.29, 1.82) is 5.26 Å². The molecule has 7 heteroatoms. The van der Waals surface area contributed by atoms with Gasteiger partial charge in [0.15, 0.2) is 0 Å². The number of nitrogens with one attached hydrogen (secondary N) is 3. The molecule has 3 N–H and O–H groups in total. The second-order valence-corrected chi connectivity index (χ2v) is 7.68. The number of amides is 2. The van der Waals surface area contributed by atoms with Gasteiger partial charge in [0.05, 0.1) is 5.69 Å². The maximum Gasteiger partial charge on any atom is 0.267 e. The van der Waals surface area contributed by atoms with Crippen LogP contribution in [0.2, 0.25) is 0 Å². The molecule has 148 valence electrons. The van der Waals surface area contributed by atoms with Gasteiger partial charge in [-0.1, -0.05) is 42.1 Å². The van der Waals surface area contributed by atoms with E-state index in [1.54, 1.807) is 6.07 Å². The van der Waals surface area contributed by atoms with E-state index in [9.17, 15) is 14.9 Å². The maximum atomic E-state index is 12.6. The van der Waals surface area contributed by atoms with Gasteiger partial charge in [-0.15, -0.1) is 0 Å². The molecule has 1 saturated heterocycles. The summed E-state index contributed by atoms with van der Waals surface area (Å²) in [5.41, 5.74) is 0.462. The van der Waals surface area contributed by atoms with Crippen molar-refractivity contribution in [2.24, 2.45) is 5.92 Å². The Bertz CT molecular complexity index is 931.